The van der Waals surface area contributed by atoms with E-state index in [0.29, 0.717) is 12.1 Å². The van der Waals surface area contributed by atoms with Gasteiger partial charge in [0.15, 0.2) is 22.8 Å². The van der Waals surface area contributed by atoms with E-state index in [-0.39, 0.29) is 27.7 Å². The largest absolute Gasteiger partial charge is 0.611 e. The zero-order valence-electron chi connectivity index (χ0n) is 16.3. The topological polar surface area (TPSA) is 120 Å². The minimum atomic E-state index is -4.81. The number of fused-ring (bicyclic) bond motifs is 3. The number of hydrogen-bond acceptors (Lipinski definition) is 7. The first-order valence-electron chi connectivity index (χ1n) is 8.51. The number of nitrogens with zero attached hydrogens (tertiary/aromatic N) is 3. The Labute approximate surface area is 182 Å². The molecule has 0 amide bonds. The van der Waals surface area contributed by atoms with E-state index in [1.54, 1.807) is 6.07 Å². The first-order chi connectivity index (χ1) is 14.4. The summed E-state index contributed by atoms with van der Waals surface area (Å²) >= 11 is 4.39. The highest BCUT2D eigenvalue weighted by atomic mass is 35.5. The Morgan fingerprint density at radius 2 is 2.10 bits per heavy atom. The molecule has 2 atom stereocenters. The summed E-state index contributed by atoms with van der Waals surface area (Å²) in [6.07, 6.45) is -4.20. The molecule has 2 heterocycles. The number of hydrogen-bond donors (Lipinski definition) is 1. The molecule has 31 heavy (non-hydrogen) atoms. The second-order valence-corrected chi connectivity index (χ2v) is 8.38. The maximum absolute atomic E-state index is 13.5. The summed E-state index contributed by atoms with van der Waals surface area (Å²) in [5, 5.41) is 15.7. The van der Waals surface area contributed by atoms with Gasteiger partial charge < -0.3 is 14.6 Å². The average Bonchev–Trinajstić information content (AvgIpc) is 3.05. The molecular formula is C18H14ClF3N4O4S. The predicted molar refractivity (Wildman–Crippen MR) is 103 cm³/mol. The average molecular weight is 475 g/mol. The van der Waals surface area contributed by atoms with Gasteiger partial charge in [-0.2, -0.15) is 23.5 Å². The van der Waals surface area contributed by atoms with Crippen molar-refractivity contribution in [2.24, 2.45) is 0 Å². The van der Waals surface area contributed by atoms with Crippen LogP contribution in [-0.2, 0) is 32.4 Å². The number of anilines is 1. The number of rotatable bonds is 4. The maximum Gasteiger partial charge on any atom is 0.416 e. The molecule has 0 aliphatic carbocycles. The van der Waals surface area contributed by atoms with E-state index < -0.39 is 51.7 Å². The van der Waals surface area contributed by atoms with Crippen LogP contribution in [0.4, 0.5) is 19.0 Å². The van der Waals surface area contributed by atoms with Crippen molar-refractivity contribution in [2.75, 3.05) is 18.7 Å². The number of aromatic nitrogens is 2. The van der Waals surface area contributed by atoms with Crippen molar-refractivity contribution in [1.82, 2.24) is 9.78 Å². The molecule has 1 aromatic carbocycles. The van der Waals surface area contributed by atoms with Gasteiger partial charge in [0.05, 0.1) is 35.9 Å². The Balaban J connectivity index is 2.51. The van der Waals surface area contributed by atoms with Crippen LogP contribution in [0.2, 0.25) is 5.02 Å². The number of Topliss-reactive ketones (excluding diaryl/α,β-unsaturated/α-hetero) is 1. The van der Waals surface area contributed by atoms with Crippen molar-refractivity contribution < 1.29 is 32.0 Å². The molecule has 1 aliphatic heterocycles. The lowest BCUT2D eigenvalue weighted by molar-refractivity contribution is -0.146. The molecule has 0 spiro atoms. The Morgan fingerprint density at radius 1 is 1.45 bits per heavy atom. The smallest absolute Gasteiger partial charge is 0.416 e. The van der Waals surface area contributed by atoms with Gasteiger partial charge in [-0.25, -0.2) is 9.48 Å². The third kappa shape index (κ3) is 3.52. The molecule has 2 unspecified atom stereocenters. The predicted octanol–water partition coefficient (Wildman–Crippen LogP) is 3.19. The zero-order chi connectivity index (χ0) is 23.3. The molecule has 1 aromatic heterocycles. The highest BCUT2D eigenvalue weighted by molar-refractivity contribution is 7.91. The number of nitrogens with one attached hydrogen (secondary N) is 1. The Kier molecular flexibility index (Phi) is 5.72. The Morgan fingerprint density at radius 3 is 2.58 bits per heavy atom. The first-order valence-corrected chi connectivity index (χ1v) is 10.4. The second-order valence-electron chi connectivity index (χ2n) is 6.66. The number of methoxy groups -OCH3 is 1. The van der Waals surface area contributed by atoms with E-state index in [0.717, 1.165) is 11.8 Å². The van der Waals surface area contributed by atoms with Crippen molar-refractivity contribution in [3.8, 4) is 11.8 Å². The van der Waals surface area contributed by atoms with Gasteiger partial charge in [0.1, 0.15) is 6.26 Å². The number of nitriles is 1. The summed E-state index contributed by atoms with van der Waals surface area (Å²) in [6.45, 7) is 1.17. The normalized spacial score (nSPS) is 18.3. The van der Waals surface area contributed by atoms with E-state index in [2.05, 4.69) is 10.4 Å². The third-order valence-corrected chi connectivity index (χ3v) is 5.98. The minimum Gasteiger partial charge on any atom is -0.611 e. The first kappa shape index (κ1) is 22.9. The standard InChI is InChI=1S/C18H14ClF3N4O4S/c1-8(27)12-14(31(3)29)15-24-17(4-5-23,16(28)30-2)10-6-9(18(20,21)22)7-11(19)13(10)26(15)25-12/h6-7,24H,4H2,1-3H3. The number of ketones is 1. The molecule has 8 nitrogen and oxygen atoms in total. The van der Waals surface area contributed by atoms with E-state index in [9.17, 15) is 32.6 Å². The van der Waals surface area contributed by atoms with Crippen molar-refractivity contribution in [3.05, 3.63) is 34.0 Å². The summed E-state index contributed by atoms with van der Waals surface area (Å²) in [5.41, 5.74) is -3.99. The van der Waals surface area contributed by atoms with Crippen molar-refractivity contribution in [2.45, 2.75) is 30.0 Å². The summed E-state index contributed by atoms with van der Waals surface area (Å²) in [5.74, 6) is -1.75. The lowest BCUT2D eigenvalue weighted by atomic mass is 9.83. The van der Waals surface area contributed by atoms with Crippen molar-refractivity contribution in [3.63, 3.8) is 0 Å². The molecule has 1 N–H and O–H groups in total. The number of halogens is 4. The zero-order valence-corrected chi connectivity index (χ0v) is 17.8. The quantitative estimate of drug-likeness (QED) is 0.410. The molecule has 0 fully saturated rings. The number of carbonyl (C=O) groups is 2. The fraction of sp³-hybridized carbons (Fsp3) is 0.333. The summed E-state index contributed by atoms with van der Waals surface area (Å²) in [4.78, 5) is 24.8. The van der Waals surface area contributed by atoms with Gasteiger partial charge in [-0.1, -0.05) is 11.6 Å². The van der Waals surface area contributed by atoms with Crippen molar-refractivity contribution >= 4 is 40.3 Å². The SMILES string of the molecule is COC(=O)C1(CC#N)Nc2c([S+](C)[O-])c(C(C)=O)nn2-c2c(Cl)cc(C(F)(F)F)cc21. The molecule has 0 bridgehead atoms. The van der Waals surface area contributed by atoms with Gasteiger partial charge >= 0.3 is 12.1 Å². The monoisotopic (exact) mass is 474 g/mol. The van der Waals surface area contributed by atoms with E-state index >= 15 is 0 Å². The molecular weight excluding hydrogens is 461 g/mol. The van der Waals surface area contributed by atoms with Crippen LogP contribution >= 0.6 is 11.6 Å². The van der Waals surface area contributed by atoms with Crippen LogP contribution in [0.3, 0.4) is 0 Å². The van der Waals surface area contributed by atoms with E-state index in [4.69, 9.17) is 16.3 Å². The molecule has 0 radical (unpaired) electrons. The molecule has 0 saturated heterocycles. The maximum atomic E-state index is 13.5. The number of carbonyl (C=O) groups excluding carboxylic acids is 2. The summed E-state index contributed by atoms with van der Waals surface area (Å²) in [6, 6.07) is 3.07. The minimum absolute atomic E-state index is 0.0830. The highest BCUT2D eigenvalue weighted by Crippen LogP contribution is 2.47. The molecule has 2 aromatic rings. The molecule has 0 saturated carbocycles. The van der Waals surface area contributed by atoms with Gasteiger partial charge in [-0.3, -0.25) is 4.79 Å². The lowest BCUT2D eigenvalue weighted by Crippen LogP contribution is -2.48. The van der Waals surface area contributed by atoms with Crippen LogP contribution < -0.4 is 5.32 Å². The number of alkyl halides is 3. The van der Waals surface area contributed by atoms with Crippen LogP contribution in [0.25, 0.3) is 5.69 Å². The number of esters is 1. The van der Waals surface area contributed by atoms with Gasteiger partial charge in [0.25, 0.3) is 0 Å². The number of ether oxygens (including phenoxy) is 1. The van der Waals surface area contributed by atoms with Gasteiger partial charge in [0, 0.05) is 12.5 Å². The third-order valence-electron chi connectivity index (χ3n) is 4.74. The molecule has 1 aliphatic rings. The lowest BCUT2D eigenvalue weighted by Gasteiger charge is -2.37. The molecule has 3 rings (SSSR count). The highest BCUT2D eigenvalue weighted by Gasteiger charge is 2.51. The Hall–Kier alpha value is -2.75. The fourth-order valence-electron chi connectivity index (χ4n) is 3.42. The number of benzene rings is 1. The van der Waals surface area contributed by atoms with Gasteiger partial charge in [0.2, 0.25) is 4.90 Å². The van der Waals surface area contributed by atoms with Crippen molar-refractivity contribution in [1.29, 1.82) is 5.26 Å². The van der Waals surface area contributed by atoms with Gasteiger partial charge in [-0.15, -0.1) is 0 Å². The van der Waals surface area contributed by atoms with Crippen LogP contribution in [0.5, 0.6) is 0 Å². The second kappa shape index (κ2) is 7.74. The Bertz CT molecular complexity index is 1140. The van der Waals surface area contributed by atoms with E-state index in [1.165, 1.54) is 13.2 Å². The molecule has 13 heteroatoms. The van der Waals surface area contributed by atoms with Crippen LogP contribution in [0.1, 0.15) is 35.0 Å². The van der Waals surface area contributed by atoms with Gasteiger partial charge in [-0.05, 0) is 23.3 Å². The molecule has 164 valence electrons. The van der Waals surface area contributed by atoms with Crippen LogP contribution in [-0.4, -0.2) is 39.5 Å². The summed E-state index contributed by atoms with van der Waals surface area (Å²) < 4.78 is 58.6. The summed E-state index contributed by atoms with van der Waals surface area (Å²) in [7, 11) is 1.00. The van der Waals surface area contributed by atoms with Crippen LogP contribution in [0, 0.1) is 11.3 Å². The van der Waals surface area contributed by atoms with Crippen LogP contribution in [0.15, 0.2) is 17.0 Å². The fourth-order valence-corrected chi connectivity index (χ4v) is 4.58. The van der Waals surface area contributed by atoms with E-state index in [1.807, 2.05) is 0 Å².